The van der Waals surface area contributed by atoms with Crippen LogP contribution in [0.25, 0.3) is 33.2 Å². The van der Waals surface area contributed by atoms with Crippen molar-refractivity contribution in [1.82, 2.24) is 40.6 Å². The number of piperazine rings is 1. The van der Waals surface area contributed by atoms with E-state index < -0.39 is 5.91 Å². The normalized spacial score (nSPS) is 18.1. The fourth-order valence-electron chi connectivity index (χ4n) is 8.98. The number of nitrogens with zero attached hydrogens (tertiary/aromatic N) is 6. The largest absolute Gasteiger partial charge is 0.495 e. The molecule has 3 aromatic heterocycles. The van der Waals surface area contributed by atoms with Crippen LogP contribution in [-0.4, -0.2) is 94.5 Å². The highest BCUT2D eigenvalue weighted by atomic mass is 16.5. The molecule has 0 radical (unpaired) electrons. The van der Waals surface area contributed by atoms with Crippen LogP contribution in [0, 0.1) is 6.92 Å². The Kier molecular flexibility index (Phi) is 11.6. The first-order valence-corrected chi connectivity index (χ1v) is 21.2. The standard InChI is InChI=1S/C47H55N9O5/c1-27-21-31(14-15-34(27)28(2)51-44(59)45-53-46(54-61-45)47(3,4)5)41-40-36-24-39(60-7)38(25-37(36)52-42(40)50-26-49-41)56-18-16-55(17-19-56)33-22-32(23-33)29-10-12-30(13-11-29)35(9-8-20-57)43(58)48-6/h10-15,20-21,24-26,28,32-33,35H,8-9,16-19,22-23H2,1-7H3,(H,48,58)(H,51,59)(H,49,50,52)/t28-,32?,33?,35?/m1/s1. The summed E-state index contributed by atoms with van der Waals surface area (Å²) in [5.41, 5.74) is 8.43. The van der Waals surface area contributed by atoms with Crippen molar-refractivity contribution in [2.75, 3.05) is 45.2 Å². The summed E-state index contributed by atoms with van der Waals surface area (Å²) in [6.07, 6.45) is 5.59. The molecule has 0 bridgehead atoms. The summed E-state index contributed by atoms with van der Waals surface area (Å²) in [4.78, 5) is 58.8. The van der Waals surface area contributed by atoms with Gasteiger partial charge in [-0.1, -0.05) is 62.3 Å². The molecular formula is C47H55N9O5. The van der Waals surface area contributed by atoms with Crippen molar-refractivity contribution in [1.29, 1.82) is 0 Å². The van der Waals surface area contributed by atoms with Gasteiger partial charge in [-0.3, -0.25) is 14.5 Å². The van der Waals surface area contributed by atoms with E-state index in [4.69, 9.17) is 14.2 Å². The number of aromatic amines is 1. The number of aromatic nitrogens is 5. The molecule has 2 amide bonds. The third kappa shape index (κ3) is 8.33. The van der Waals surface area contributed by atoms with Gasteiger partial charge in [0.05, 0.1) is 41.4 Å². The van der Waals surface area contributed by atoms with Crippen molar-refractivity contribution in [3.8, 4) is 17.0 Å². The number of aryl methyl sites for hydroxylation is 1. The van der Waals surface area contributed by atoms with Crippen LogP contribution in [0.4, 0.5) is 5.69 Å². The first-order valence-electron chi connectivity index (χ1n) is 21.2. The van der Waals surface area contributed by atoms with E-state index in [0.717, 1.165) is 107 Å². The number of benzene rings is 3. The van der Waals surface area contributed by atoms with E-state index in [2.05, 4.69) is 83.0 Å². The monoisotopic (exact) mass is 825 g/mol. The molecular weight excluding hydrogens is 771 g/mol. The molecule has 2 atom stereocenters. The van der Waals surface area contributed by atoms with Crippen LogP contribution >= 0.6 is 0 Å². The second-order valence-electron chi connectivity index (χ2n) is 17.5. The minimum Gasteiger partial charge on any atom is -0.495 e. The summed E-state index contributed by atoms with van der Waals surface area (Å²) in [5.74, 6) is 0.962. The van der Waals surface area contributed by atoms with E-state index >= 15 is 0 Å². The van der Waals surface area contributed by atoms with E-state index in [-0.39, 0.29) is 29.2 Å². The highest BCUT2D eigenvalue weighted by Gasteiger charge is 2.36. The Morgan fingerprint density at radius 1 is 1.03 bits per heavy atom. The van der Waals surface area contributed by atoms with Gasteiger partial charge in [-0.2, -0.15) is 4.98 Å². The van der Waals surface area contributed by atoms with Gasteiger partial charge in [-0.25, -0.2) is 9.97 Å². The average Bonchev–Trinajstić information content (AvgIpc) is 3.89. The number of methoxy groups -OCH3 is 1. The number of H-pyrrole nitrogens is 1. The number of fused-ring (bicyclic) bond motifs is 3. The van der Waals surface area contributed by atoms with Crippen molar-refractivity contribution in [2.24, 2.45) is 0 Å². The first-order chi connectivity index (χ1) is 29.4. The van der Waals surface area contributed by atoms with E-state index in [1.807, 2.05) is 46.8 Å². The maximum Gasteiger partial charge on any atom is 0.315 e. The zero-order chi connectivity index (χ0) is 43.0. The maximum absolute atomic E-state index is 13.0. The van der Waals surface area contributed by atoms with Gasteiger partial charge in [-0.15, -0.1) is 0 Å². The molecule has 2 fully saturated rings. The predicted molar refractivity (Wildman–Crippen MR) is 235 cm³/mol. The number of amides is 2. The van der Waals surface area contributed by atoms with Crippen molar-refractivity contribution >= 4 is 45.7 Å². The number of hydrogen-bond donors (Lipinski definition) is 3. The third-order valence-corrected chi connectivity index (χ3v) is 12.6. The van der Waals surface area contributed by atoms with Crippen molar-refractivity contribution in [2.45, 2.75) is 89.6 Å². The molecule has 0 spiro atoms. The molecule has 3 N–H and O–H groups in total. The third-order valence-electron chi connectivity index (χ3n) is 12.6. The van der Waals surface area contributed by atoms with E-state index in [1.165, 1.54) is 5.56 Å². The first kappa shape index (κ1) is 41.6. The molecule has 4 heterocycles. The van der Waals surface area contributed by atoms with Gasteiger partial charge >= 0.3 is 11.8 Å². The quantitative estimate of drug-likeness (QED) is 0.101. The van der Waals surface area contributed by atoms with Gasteiger partial charge in [0, 0.05) is 62.1 Å². The van der Waals surface area contributed by atoms with Crippen molar-refractivity contribution in [3.63, 3.8) is 0 Å². The lowest BCUT2D eigenvalue weighted by molar-refractivity contribution is -0.122. The molecule has 1 saturated carbocycles. The lowest BCUT2D eigenvalue weighted by Crippen LogP contribution is -2.53. The number of nitrogens with one attached hydrogen (secondary N) is 3. The summed E-state index contributed by atoms with van der Waals surface area (Å²) in [5, 5.41) is 11.6. The maximum atomic E-state index is 13.0. The van der Waals surface area contributed by atoms with E-state index in [1.54, 1.807) is 20.5 Å². The Balaban J connectivity index is 0.931. The summed E-state index contributed by atoms with van der Waals surface area (Å²) in [7, 11) is 3.37. The molecule has 318 valence electrons. The van der Waals surface area contributed by atoms with Gasteiger partial charge in [-0.05, 0) is 79.5 Å². The lowest BCUT2D eigenvalue weighted by Gasteiger charge is -2.47. The van der Waals surface area contributed by atoms with Crippen LogP contribution in [0.1, 0.15) is 110 Å². The topological polar surface area (TPSA) is 171 Å². The smallest absolute Gasteiger partial charge is 0.315 e. The second-order valence-corrected chi connectivity index (χ2v) is 17.5. The predicted octanol–water partition coefficient (Wildman–Crippen LogP) is 7.14. The number of carbonyl (C=O) groups is 3. The molecule has 14 heteroatoms. The summed E-state index contributed by atoms with van der Waals surface area (Å²) in [6, 6.07) is 19.1. The number of aldehydes is 1. The summed E-state index contributed by atoms with van der Waals surface area (Å²) in [6.45, 7) is 13.6. The van der Waals surface area contributed by atoms with E-state index in [9.17, 15) is 14.4 Å². The Labute approximate surface area is 355 Å². The zero-order valence-corrected chi connectivity index (χ0v) is 36.0. The molecule has 1 aliphatic heterocycles. The molecule has 1 saturated heterocycles. The molecule has 8 rings (SSSR count). The van der Waals surface area contributed by atoms with Crippen LogP contribution < -0.4 is 20.3 Å². The lowest BCUT2D eigenvalue weighted by atomic mass is 9.74. The molecule has 3 aromatic carbocycles. The SMILES string of the molecule is CNC(=O)C(CCC=O)c1ccc(C2CC(N3CCN(c4cc5[nH]c6ncnc(-c7ccc([C@@H](C)NC(=O)c8nc(C(C)(C)C)no8)c(C)c7)c6c5cc4OC)CC3)C2)cc1. The van der Waals surface area contributed by atoms with Crippen LogP contribution in [0.2, 0.25) is 0 Å². The highest BCUT2D eigenvalue weighted by molar-refractivity contribution is 6.13. The minimum absolute atomic E-state index is 0.0532. The number of ether oxygens (including phenoxy) is 1. The molecule has 14 nitrogen and oxygen atoms in total. The molecule has 1 aliphatic carbocycles. The number of anilines is 1. The Bertz CT molecular complexity index is 2560. The molecule has 2 aliphatic rings. The number of likely N-dealkylation sites (N-methyl/N-ethyl adjacent to an activating group) is 1. The van der Waals surface area contributed by atoms with Gasteiger partial charge in [0.25, 0.3) is 0 Å². The number of carbonyl (C=O) groups excluding carboxylic acids is 3. The van der Waals surface area contributed by atoms with Crippen molar-refractivity contribution in [3.05, 3.63) is 94.9 Å². The van der Waals surface area contributed by atoms with Crippen LogP contribution in [-0.2, 0) is 15.0 Å². The minimum atomic E-state index is -0.416. The number of rotatable bonds is 13. The fraction of sp³-hybridized carbons (Fsp3) is 0.426. The second kappa shape index (κ2) is 17.1. The van der Waals surface area contributed by atoms with Crippen LogP contribution in [0.15, 0.2) is 65.4 Å². The zero-order valence-electron chi connectivity index (χ0n) is 36.0. The van der Waals surface area contributed by atoms with Crippen LogP contribution in [0.5, 0.6) is 5.75 Å². The van der Waals surface area contributed by atoms with E-state index in [0.29, 0.717) is 30.6 Å². The Morgan fingerprint density at radius 2 is 1.79 bits per heavy atom. The van der Waals surface area contributed by atoms with Crippen molar-refractivity contribution < 1.29 is 23.6 Å². The fourth-order valence-corrected chi connectivity index (χ4v) is 8.98. The van der Waals surface area contributed by atoms with Gasteiger partial charge in [0.1, 0.15) is 24.0 Å². The Morgan fingerprint density at radius 3 is 2.44 bits per heavy atom. The molecule has 61 heavy (non-hydrogen) atoms. The van der Waals surface area contributed by atoms with Gasteiger partial charge in [0.15, 0.2) is 5.82 Å². The number of hydrogen-bond acceptors (Lipinski definition) is 11. The highest BCUT2D eigenvalue weighted by Crippen LogP contribution is 2.43. The summed E-state index contributed by atoms with van der Waals surface area (Å²) < 4.78 is 11.3. The molecule has 6 aromatic rings. The Hall–Kier alpha value is -6.15. The van der Waals surface area contributed by atoms with Crippen LogP contribution in [0.3, 0.4) is 0 Å². The summed E-state index contributed by atoms with van der Waals surface area (Å²) >= 11 is 0. The van der Waals surface area contributed by atoms with Gasteiger partial charge in [0.2, 0.25) is 5.91 Å². The molecule has 1 unspecified atom stereocenters. The average molecular weight is 826 g/mol. The van der Waals surface area contributed by atoms with Gasteiger partial charge < -0.3 is 34.6 Å².